The molecule has 6 bridgehead atoms. The number of nitrogens with one attached hydrogen (secondary N) is 1. The Morgan fingerprint density at radius 3 is 2.56 bits per heavy atom. The van der Waals surface area contributed by atoms with E-state index in [1.807, 2.05) is 0 Å². The highest BCUT2D eigenvalue weighted by atomic mass is 19.4. The number of carbonyl (C=O) groups excluding carboxylic acids is 1. The van der Waals surface area contributed by atoms with Gasteiger partial charge in [0.2, 0.25) is 0 Å². The highest BCUT2D eigenvalue weighted by Gasteiger charge is 2.60. The van der Waals surface area contributed by atoms with E-state index in [1.54, 1.807) is 6.08 Å². The molecule has 1 aromatic carbocycles. The van der Waals surface area contributed by atoms with Crippen LogP contribution in [0.3, 0.4) is 0 Å². The molecule has 1 saturated heterocycles. The number of nitrogens with zero attached hydrogens (tertiary/aromatic N) is 4. The van der Waals surface area contributed by atoms with Crippen molar-refractivity contribution in [2.24, 2.45) is 0 Å². The molecule has 1 fully saturated rings. The summed E-state index contributed by atoms with van der Waals surface area (Å²) in [5.41, 5.74) is -7.47. The second kappa shape index (κ2) is 10.5. The number of amides is 1. The molecule has 0 spiro atoms. The van der Waals surface area contributed by atoms with Gasteiger partial charge < -0.3 is 19.2 Å². The zero-order chi connectivity index (χ0) is 31.4. The SMILES string of the molecule is CC(C)(C)OC(=O)Nc1cc(C(F)(F)F)c2nc1-c1nnc(o1)C(O)(C(F)(F)F)c1cccc(c1)/C=C\C[C@@H]1CCCN21. The lowest BCUT2D eigenvalue weighted by Crippen LogP contribution is -2.43. The van der Waals surface area contributed by atoms with E-state index < -0.39 is 75.8 Å². The second-order valence-electron chi connectivity index (χ2n) is 11.3. The van der Waals surface area contributed by atoms with Crippen molar-refractivity contribution in [1.82, 2.24) is 15.2 Å². The van der Waals surface area contributed by atoms with Gasteiger partial charge in [0.15, 0.2) is 5.69 Å². The van der Waals surface area contributed by atoms with Crippen LogP contribution in [-0.2, 0) is 16.5 Å². The maximum Gasteiger partial charge on any atom is 0.430 e. The number of aromatic nitrogens is 3. The van der Waals surface area contributed by atoms with Gasteiger partial charge in [-0.3, -0.25) is 5.32 Å². The third-order valence-electron chi connectivity index (χ3n) is 6.96. The van der Waals surface area contributed by atoms with Crippen molar-refractivity contribution in [3.05, 3.63) is 59.0 Å². The third kappa shape index (κ3) is 5.90. The maximum atomic E-state index is 14.5. The zero-order valence-corrected chi connectivity index (χ0v) is 23.2. The van der Waals surface area contributed by atoms with Crippen LogP contribution < -0.4 is 10.2 Å². The van der Waals surface area contributed by atoms with Crippen molar-refractivity contribution in [3.63, 3.8) is 0 Å². The number of pyridine rings is 1. The molecule has 5 rings (SSSR count). The van der Waals surface area contributed by atoms with Crippen molar-refractivity contribution in [2.45, 2.75) is 69.6 Å². The number of rotatable bonds is 1. The van der Waals surface area contributed by atoms with Crippen molar-refractivity contribution in [2.75, 3.05) is 16.8 Å². The molecule has 1 unspecified atom stereocenters. The highest BCUT2D eigenvalue weighted by Crippen LogP contribution is 2.46. The van der Waals surface area contributed by atoms with E-state index in [2.05, 4.69) is 20.5 Å². The van der Waals surface area contributed by atoms with Crippen LogP contribution in [0, 0.1) is 0 Å². The molecule has 43 heavy (non-hydrogen) atoms. The quantitative estimate of drug-likeness (QED) is 0.293. The average molecular weight is 612 g/mol. The van der Waals surface area contributed by atoms with Crippen LogP contribution in [0.5, 0.6) is 0 Å². The van der Waals surface area contributed by atoms with Gasteiger partial charge in [-0.2, -0.15) is 26.3 Å². The van der Waals surface area contributed by atoms with Gasteiger partial charge in [-0.1, -0.05) is 30.4 Å². The average Bonchev–Trinajstić information content (AvgIpc) is 3.56. The predicted molar refractivity (Wildman–Crippen MR) is 142 cm³/mol. The summed E-state index contributed by atoms with van der Waals surface area (Å²) in [7, 11) is 0. The molecule has 2 aliphatic rings. The van der Waals surface area contributed by atoms with E-state index in [0.29, 0.717) is 24.5 Å². The van der Waals surface area contributed by atoms with Gasteiger partial charge in [0.1, 0.15) is 17.0 Å². The maximum absolute atomic E-state index is 14.5. The standard InChI is InChI=1S/C28H27F6N5O4/c1-25(2,3)43-24(40)35-19-14-18(27(29,30)31)21-36-20(19)22-37-38-23(42-22)26(41,28(32,33)34)16-9-4-7-15(13-16)8-5-10-17-11-6-12-39(17)21/h4-5,7-9,13-14,17,41H,6,10-12H2,1-3H3,(H,35,40)/b8-5-/t17-,26?/m1/s1. The number of carbonyl (C=O) groups is 1. The minimum Gasteiger partial charge on any atom is -0.444 e. The number of anilines is 2. The summed E-state index contributed by atoms with van der Waals surface area (Å²) >= 11 is 0. The molecule has 0 radical (unpaired) electrons. The predicted octanol–water partition coefficient (Wildman–Crippen LogP) is 6.68. The van der Waals surface area contributed by atoms with E-state index in [0.717, 1.165) is 12.1 Å². The van der Waals surface area contributed by atoms with Crippen LogP contribution in [0.4, 0.5) is 42.6 Å². The Bertz CT molecular complexity index is 1560. The molecule has 1 amide bonds. The van der Waals surface area contributed by atoms with Crippen LogP contribution in [0.15, 0.2) is 40.8 Å². The fourth-order valence-electron chi connectivity index (χ4n) is 5.06. The number of alkyl halides is 6. The molecule has 230 valence electrons. The van der Waals surface area contributed by atoms with Crippen LogP contribution in [-0.4, -0.2) is 50.7 Å². The Balaban J connectivity index is 1.78. The first-order chi connectivity index (χ1) is 20.0. The molecule has 4 heterocycles. The topological polar surface area (TPSA) is 114 Å². The van der Waals surface area contributed by atoms with Gasteiger partial charge in [-0.05, 0) is 57.7 Å². The molecule has 2 atom stereocenters. The highest BCUT2D eigenvalue weighted by molar-refractivity contribution is 5.90. The zero-order valence-electron chi connectivity index (χ0n) is 23.2. The van der Waals surface area contributed by atoms with Gasteiger partial charge in [0, 0.05) is 18.2 Å². The first kappa shape index (κ1) is 30.3. The Morgan fingerprint density at radius 1 is 1.14 bits per heavy atom. The molecule has 15 heteroatoms. The first-order valence-corrected chi connectivity index (χ1v) is 13.3. The molecule has 0 saturated carbocycles. The number of ether oxygens (including phenoxy) is 1. The van der Waals surface area contributed by atoms with E-state index in [-0.39, 0.29) is 13.0 Å². The van der Waals surface area contributed by atoms with E-state index in [1.165, 1.54) is 43.9 Å². The molecular formula is C28H27F6N5O4. The van der Waals surface area contributed by atoms with Crippen molar-refractivity contribution in [1.29, 1.82) is 0 Å². The Hall–Kier alpha value is -4.14. The number of hydrogen-bond acceptors (Lipinski definition) is 8. The summed E-state index contributed by atoms with van der Waals surface area (Å²) in [4.78, 5) is 18.3. The summed E-state index contributed by atoms with van der Waals surface area (Å²) < 4.78 is 97.3. The van der Waals surface area contributed by atoms with Crippen molar-refractivity contribution >= 4 is 23.7 Å². The van der Waals surface area contributed by atoms with E-state index in [9.17, 15) is 36.2 Å². The van der Waals surface area contributed by atoms with Gasteiger partial charge >= 0.3 is 18.4 Å². The fraction of sp³-hybridized carbons (Fsp3) is 0.429. The monoisotopic (exact) mass is 611 g/mol. The smallest absolute Gasteiger partial charge is 0.430 e. The molecule has 3 aromatic rings. The number of hydrogen-bond donors (Lipinski definition) is 2. The summed E-state index contributed by atoms with van der Waals surface area (Å²) in [6.45, 7) is 4.80. The third-order valence-corrected chi connectivity index (χ3v) is 6.96. The van der Waals surface area contributed by atoms with Crippen molar-refractivity contribution < 1.29 is 45.4 Å². The second-order valence-corrected chi connectivity index (χ2v) is 11.3. The van der Waals surface area contributed by atoms with E-state index in [4.69, 9.17) is 9.15 Å². The van der Waals surface area contributed by atoms with Gasteiger partial charge in [-0.15, -0.1) is 10.2 Å². The Labute approximate surface area is 241 Å². The minimum absolute atomic E-state index is 0.214. The molecule has 2 N–H and O–H groups in total. The van der Waals surface area contributed by atoms with Crippen LogP contribution in [0.1, 0.15) is 62.6 Å². The summed E-state index contributed by atoms with van der Waals surface area (Å²) in [6, 6.07) is 5.15. The normalized spacial score (nSPS) is 21.4. The van der Waals surface area contributed by atoms with Gasteiger partial charge in [0.05, 0.1) is 5.69 Å². The van der Waals surface area contributed by atoms with E-state index >= 15 is 0 Å². The molecule has 0 aliphatic carbocycles. The summed E-state index contributed by atoms with van der Waals surface area (Å²) in [5, 5.41) is 20.3. The lowest BCUT2D eigenvalue weighted by atomic mass is 9.91. The van der Waals surface area contributed by atoms with Gasteiger partial charge in [0.25, 0.3) is 17.4 Å². The lowest BCUT2D eigenvalue weighted by molar-refractivity contribution is -0.255. The molecular weight excluding hydrogens is 584 g/mol. The summed E-state index contributed by atoms with van der Waals surface area (Å²) in [5.74, 6) is -2.58. The minimum atomic E-state index is -5.36. The number of halogens is 6. The number of benzene rings is 1. The summed E-state index contributed by atoms with van der Waals surface area (Å²) in [6.07, 6.45) is -6.95. The molecule has 2 aromatic heterocycles. The van der Waals surface area contributed by atoms with Crippen LogP contribution in [0.2, 0.25) is 0 Å². The molecule has 2 aliphatic heterocycles. The largest absolute Gasteiger partial charge is 0.444 e. The lowest BCUT2D eigenvalue weighted by Gasteiger charge is -2.29. The Kier molecular flexibility index (Phi) is 7.43. The number of aliphatic hydroxyl groups is 1. The van der Waals surface area contributed by atoms with Crippen LogP contribution >= 0.6 is 0 Å². The fourth-order valence-corrected chi connectivity index (χ4v) is 5.06. The first-order valence-electron chi connectivity index (χ1n) is 13.3. The van der Waals surface area contributed by atoms with Gasteiger partial charge in [-0.25, -0.2) is 9.78 Å². The Morgan fingerprint density at radius 2 is 1.88 bits per heavy atom. The molecule has 9 nitrogen and oxygen atoms in total. The van der Waals surface area contributed by atoms with Crippen molar-refractivity contribution in [3.8, 4) is 11.6 Å². The van der Waals surface area contributed by atoms with Crippen LogP contribution in [0.25, 0.3) is 17.7 Å². The number of fused-ring (bicyclic) bond motifs is 9.